The SMILES string of the molecule is CC(C#N)S(=O)(=O)N(C)C(C)(C)C(=O)O. The zero-order valence-electron chi connectivity index (χ0n) is 9.05. The van der Waals surface area contributed by atoms with Gasteiger partial charge in [-0.05, 0) is 20.8 Å². The first kappa shape index (κ1) is 13.9. The lowest BCUT2D eigenvalue weighted by Gasteiger charge is -2.31. The van der Waals surface area contributed by atoms with Gasteiger partial charge in [0.15, 0.2) is 5.25 Å². The molecular weight excluding hydrogens is 220 g/mol. The first-order chi connectivity index (χ1) is 6.58. The van der Waals surface area contributed by atoms with Crippen LogP contribution in [-0.2, 0) is 14.8 Å². The van der Waals surface area contributed by atoms with Crippen molar-refractivity contribution in [1.82, 2.24) is 4.31 Å². The van der Waals surface area contributed by atoms with Crippen LogP contribution in [0.2, 0.25) is 0 Å². The number of nitriles is 1. The minimum Gasteiger partial charge on any atom is -0.480 e. The van der Waals surface area contributed by atoms with E-state index in [2.05, 4.69) is 0 Å². The van der Waals surface area contributed by atoms with Gasteiger partial charge in [-0.25, -0.2) is 8.42 Å². The molecule has 0 saturated carbocycles. The van der Waals surface area contributed by atoms with Crippen LogP contribution in [0.1, 0.15) is 20.8 Å². The number of nitrogens with zero attached hydrogens (tertiary/aromatic N) is 2. The van der Waals surface area contributed by atoms with Gasteiger partial charge >= 0.3 is 5.97 Å². The van der Waals surface area contributed by atoms with Gasteiger partial charge < -0.3 is 5.11 Å². The third-order valence-electron chi connectivity index (χ3n) is 2.32. The van der Waals surface area contributed by atoms with Gasteiger partial charge in [-0.3, -0.25) is 4.79 Å². The van der Waals surface area contributed by atoms with Crippen molar-refractivity contribution in [2.24, 2.45) is 0 Å². The van der Waals surface area contributed by atoms with E-state index in [-0.39, 0.29) is 0 Å². The van der Waals surface area contributed by atoms with Crippen molar-refractivity contribution in [3.8, 4) is 6.07 Å². The Morgan fingerprint density at radius 2 is 1.93 bits per heavy atom. The number of rotatable bonds is 4. The molecule has 0 aliphatic heterocycles. The second-order valence-electron chi connectivity index (χ2n) is 3.65. The summed E-state index contributed by atoms with van der Waals surface area (Å²) in [4.78, 5) is 10.8. The Morgan fingerprint density at radius 3 is 2.20 bits per heavy atom. The Kier molecular flexibility index (Phi) is 3.85. The molecule has 1 atom stereocenters. The van der Waals surface area contributed by atoms with E-state index in [0.717, 1.165) is 7.05 Å². The fraction of sp³-hybridized carbons (Fsp3) is 0.750. The molecule has 0 saturated heterocycles. The molecule has 0 aromatic carbocycles. The van der Waals surface area contributed by atoms with Crippen molar-refractivity contribution in [2.75, 3.05) is 7.05 Å². The summed E-state index contributed by atoms with van der Waals surface area (Å²) in [5, 5.41) is 16.1. The molecule has 1 unspecified atom stereocenters. The fourth-order valence-corrected chi connectivity index (χ4v) is 2.08. The van der Waals surface area contributed by atoms with Gasteiger partial charge in [-0.15, -0.1) is 0 Å². The molecule has 0 radical (unpaired) electrons. The Morgan fingerprint density at radius 1 is 1.53 bits per heavy atom. The molecule has 0 aromatic heterocycles. The molecule has 0 rings (SSSR count). The van der Waals surface area contributed by atoms with Gasteiger partial charge in [-0.2, -0.15) is 9.57 Å². The molecule has 6 nitrogen and oxygen atoms in total. The normalized spacial score (nSPS) is 14.7. The molecule has 1 N–H and O–H groups in total. The maximum atomic E-state index is 11.7. The van der Waals surface area contributed by atoms with Crippen LogP contribution in [0.3, 0.4) is 0 Å². The molecule has 0 aliphatic carbocycles. The van der Waals surface area contributed by atoms with E-state index >= 15 is 0 Å². The first-order valence-corrected chi connectivity index (χ1v) is 5.69. The predicted octanol–water partition coefficient (Wildman–Crippen LogP) is 0.0233. The second kappa shape index (κ2) is 4.16. The maximum absolute atomic E-state index is 11.7. The Hall–Kier alpha value is -1.13. The highest BCUT2D eigenvalue weighted by Gasteiger charge is 2.41. The molecule has 0 aliphatic rings. The van der Waals surface area contributed by atoms with Crippen LogP contribution in [0, 0.1) is 11.3 Å². The minimum absolute atomic E-state index is 0.705. The van der Waals surface area contributed by atoms with Crippen LogP contribution >= 0.6 is 0 Å². The molecule has 0 bridgehead atoms. The molecular formula is C8H14N2O4S. The van der Waals surface area contributed by atoms with E-state index in [1.54, 1.807) is 6.07 Å². The van der Waals surface area contributed by atoms with Gasteiger partial charge in [0.05, 0.1) is 6.07 Å². The van der Waals surface area contributed by atoms with Crippen LogP contribution in [-0.4, -0.2) is 41.6 Å². The van der Waals surface area contributed by atoms with Crippen molar-refractivity contribution in [2.45, 2.75) is 31.6 Å². The predicted molar refractivity (Wildman–Crippen MR) is 53.5 cm³/mol. The maximum Gasteiger partial charge on any atom is 0.324 e. The highest BCUT2D eigenvalue weighted by molar-refractivity contribution is 7.90. The van der Waals surface area contributed by atoms with E-state index in [1.165, 1.54) is 20.8 Å². The standard InChI is InChI=1S/C8H14N2O4S/c1-6(5-9)15(13,14)10(4)8(2,3)7(11)12/h6H,1-4H3,(H,11,12). The van der Waals surface area contributed by atoms with Gasteiger partial charge in [0.1, 0.15) is 5.54 Å². The van der Waals surface area contributed by atoms with Crippen LogP contribution in [0.5, 0.6) is 0 Å². The lowest BCUT2D eigenvalue weighted by atomic mass is 10.1. The molecule has 0 aromatic rings. The number of sulfonamides is 1. The quantitative estimate of drug-likeness (QED) is 0.739. The van der Waals surface area contributed by atoms with E-state index in [9.17, 15) is 13.2 Å². The zero-order chi connectivity index (χ0) is 12.4. The van der Waals surface area contributed by atoms with Crippen LogP contribution < -0.4 is 0 Å². The molecule has 7 heteroatoms. The summed E-state index contributed by atoms with van der Waals surface area (Å²) in [6.07, 6.45) is 0. The lowest BCUT2D eigenvalue weighted by Crippen LogP contribution is -2.52. The van der Waals surface area contributed by atoms with E-state index in [1.807, 2.05) is 0 Å². The minimum atomic E-state index is -3.90. The van der Waals surface area contributed by atoms with Crippen molar-refractivity contribution in [3.05, 3.63) is 0 Å². The Balaban J connectivity index is 5.30. The van der Waals surface area contributed by atoms with Gasteiger partial charge in [0.25, 0.3) is 0 Å². The topological polar surface area (TPSA) is 98.5 Å². The summed E-state index contributed by atoms with van der Waals surface area (Å²) in [6, 6.07) is 1.57. The van der Waals surface area contributed by atoms with E-state index in [0.29, 0.717) is 4.31 Å². The number of carboxylic acid groups (broad SMARTS) is 1. The molecule has 86 valence electrons. The van der Waals surface area contributed by atoms with Crippen molar-refractivity contribution in [1.29, 1.82) is 5.26 Å². The monoisotopic (exact) mass is 234 g/mol. The third kappa shape index (κ3) is 2.46. The highest BCUT2D eigenvalue weighted by atomic mass is 32.2. The summed E-state index contributed by atoms with van der Waals surface area (Å²) in [5.41, 5.74) is -1.57. The second-order valence-corrected chi connectivity index (χ2v) is 5.93. The van der Waals surface area contributed by atoms with Crippen LogP contribution in [0.25, 0.3) is 0 Å². The summed E-state index contributed by atoms with van der Waals surface area (Å²) < 4.78 is 24.0. The zero-order valence-corrected chi connectivity index (χ0v) is 9.87. The highest BCUT2D eigenvalue weighted by Crippen LogP contribution is 2.19. The summed E-state index contributed by atoms with van der Waals surface area (Å²) in [7, 11) is -2.75. The van der Waals surface area contributed by atoms with Crippen molar-refractivity contribution >= 4 is 16.0 Å². The average molecular weight is 234 g/mol. The van der Waals surface area contributed by atoms with E-state index < -0.39 is 26.8 Å². The van der Waals surface area contributed by atoms with Crippen LogP contribution in [0.15, 0.2) is 0 Å². The van der Waals surface area contributed by atoms with Gasteiger partial charge in [-0.1, -0.05) is 0 Å². The lowest BCUT2D eigenvalue weighted by molar-refractivity contribution is -0.145. The summed E-state index contributed by atoms with van der Waals surface area (Å²) >= 11 is 0. The number of aliphatic carboxylic acids is 1. The molecule has 0 heterocycles. The van der Waals surface area contributed by atoms with Crippen LogP contribution in [0.4, 0.5) is 0 Å². The summed E-state index contributed by atoms with van der Waals surface area (Å²) in [5.74, 6) is -1.27. The fourth-order valence-electron chi connectivity index (χ4n) is 0.757. The largest absolute Gasteiger partial charge is 0.480 e. The Bertz CT molecular complexity index is 393. The number of hydrogen-bond donors (Lipinski definition) is 1. The number of carboxylic acids is 1. The molecule has 0 spiro atoms. The van der Waals surface area contributed by atoms with Crippen molar-refractivity contribution < 1.29 is 18.3 Å². The first-order valence-electron chi connectivity index (χ1n) is 4.19. The molecule has 15 heavy (non-hydrogen) atoms. The average Bonchev–Trinajstić information content (AvgIpc) is 2.14. The molecule has 0 fully saturated rings. The number of likely N-dealkylation sites (N-methyl/N-ethyl adjacent to an activating group) is 1. The van der Waals surface area contributed by atoms with E-state index in [4.69, 9.17) is 10.4 Å². The van der Waals surface area contributed by atoms with Crippen molar-refractivity contribution in [3.63, 3.8) is 0 Å². The smallest absolute Gasteiger partial charge is 0.324 e. The van der Waals surface area contributed by atoms with Gasteiger partial charge in [0, 0.05) is 7.05 Å². The number of hydrogen-bond acceptors (Lipinski definition) is 4. The third-order valence-corrected chi connectivity index (χ3v) is 4.54. The summed E-state index contributed by atoms with van der Waals surface area (Å²) in [6.45, 7) is 3.73. The molecule has 0 amide bonds. The van der Waals surface area contributed by atoms with Gasteiger partial charge in [0.2, 0.25) is 10.0 Å². The Labute approximate surface area is 89.2 Å². The number of carbonyl (C=O) groups is 1.